The average Bonchev–Trinajstić information content (AvgIpc) is 3.50. The van der Waals surface area contributed by atoms with E-state index in [1.54, 1.807) is 48.3 Å². The molecule has 11 heteroatoms. The molecule has 0 saturated carbocycles. The molecule has 33 heavy (non-hydrogen) atoms. The SMILES string of the molecule is COc1cccc([C@H](NS(=O)(=O)c2ccc(S(=O)(=O)N3CCCC3)cc2)c2nccn2C)c1. The number of sulfonamides is 2. The minimum absolute atomic E-state index is 0.0371. The summed E-state index contributed by atoms with van der Waals surface area (Å²) in [5.41, 5.74) is 0.653. The highest BCUT2D eigenvalue weighted by Gasteiger charge is 2.29. The van der Waals surface area contributed by atoms with Crippen molar-refractivity contribution in [3.05, 3.63) is 72.3 Å². The van der Waals surface area contributed by atoms with E-state index in [-0.39, 0.29) is 9.79 Å². The van der Waals surface area contributed by atoms with Gasteiger partial charge in [0.05, 0.1) is 16.9 Å². The molecule has 2 heterocycles. The molecule has 176 valence electrons. The third-order valence-corrected chi connectivity index (χ3v) is 9.01. The van der Waals surface area contributed by atoms with Crippen LogP contribution in [0.4, 0.5) is 0 Å². The molecule has 0 radical (unpaired) electrons. The molecule has 2 aromatic carbocycles. The minimum atomic E-state index is -4.00. The van der Waals surface area contributed by atoms with Crippen LogP contribution in [0.3, 0.4) is 0 Å². The Hall–Kier alpha value is -2.73. The summed E-state index contributed by atoms with van der Waals surface area (Å²) in [7, 11) is -4.31. The van der Waals surface area contributed by atoms with Gasteiger partial charge in [-0.1, -0.05) is 12.1 Å². The zero-order valence-corrected chi connectivity index (χ0v) is 20.0. The van der Waals surface area contributed by atoms with Crippen LogP contribution in [0.1, 0.15) is 30.3 Å². The van der Waals surface area contributed by atoms with E-state index in [0.717, 1.165) is 12.8 Å². The van der Waals surface area contributed by atoms with Gasteiger partial charge in [0.25, 0.3) is 0 Å². The van der Waals surface area contributed by atoms with Gasteiger partial charge in [-0.15, -0.1) is 0 Å². The van der Waals surface area contributed by atoms with Gasteiger partial charge in [-0.2, -0.15) is 9.03 Å². The monoisotopic (exact) mass is 490 g/mol. The van der Waals surface area contributed by atoms with Crippen LogP contribution < -0.4 is 9.46 Å². The fraction of sp³-hybridized carbons (Fsp3) is 0.318. The second kappa shape index (κ2) is 9.26. The molecule has 3 aromatic rings. The van der Waals surface area contributed by atoms with Crippen molar-refractivity contribution < 1.29 is 21.6 Å². The topological polar surface area (TPSA) is 111 Å². The van der Waals surface area contributed by atoms with Crippen LogP contribution >= 0.6 is 0 Å². The third-order valence-electron chi connectivity index (χ3n) is 5.65. The standard InChI is InChI=1S/C22H26N4O5S2/c1-25-15-12-23-22(25)21(17-6-5-7-18(16-17)31-2)24-32(27,28)19-8-10-20(11-9-19)33(29,30)26-13-3-4-14-26/h5-12,15-16,21,24H,3-4,13-14H2,1-2H3/t21-/m0/s1. The molecule has 1 atom stereocenters. The molecule has 0 aliphatic carbocycles. The Balaban J connectivity index is 1.65. The molecule has 1 fully saturated rings. The second-order valence-electron chi connectivity index (χ2n) is 7.81. The van der Waals surface area contributed by atoms with Crippen molar-refractivity contribution in [1.82, 2.24) is 18.6 Å². The van der Waals surface area contributed by atoms with Crippen LogP contribution in [0.2, 0.25) is 0 Å². The number of nitrogens with one attached hydrogen (secondary N) is 1. The highest BCUT2D eigenvalue weighted by Crippen LogP contribution is 2.27. The lowest BCUT2D eigenvalue weighted by Crippen LogP contribution is -2.31. The molecule has 0 bridgehead atoms. The maximum absolute atomic E-state index is 13.3. The first-order valence-electron chi connectivity index (χ1n) is 10.5. The number of rotatable bonds is 8. The fourth-order valence-electron chi connectivity index (χ4n) is 3.84. The summed E-state index contributed by atoms with van der Waals surface area (Å²) in [6.07, 6.45) is 4.98. The lowest BCUT2D eigenvalue weighted by Gasteiger charge is -2.20. The Bertz CT molecular complexity index is 1330. The first kappa shape index (κ1) is 23.4. The second-order valence-corrected chi connectivity index (χ2v) is 11.5. The number of hydrogen-bond acceptors (Lipinski definition) is 6. The summed E-state index contributed by atoms with van der Waals surface area (Å²) in [5, 5.41) is 0. The van der Waals surface area contributed by atoms with Crippen molar-refractivity contribution in [2.75, 3.05) is 20.2 Å². The first-order chi connectivity index (χ1) is 15.7. The van der Waals surface area contributed by atoms with E-state index in [1.165, 1.54) is 35.7 Å². The van der Waals surface area contributed by atoms with Crippen LogP contribution in [0.15, 0.2) is 70.7 Å². The van der Waals surface area contributed by atoms with Gasteiger partial charge >= 0.3 is 0 Å². The Morgan fingerprint density at radius 3 is 2.27 bits per heavy atom. The first-order valence-corrected chi connectivity index (χ1v) is 13.4. The summed E-state index contributed by atoms with van der Waals surface area (Å²) < 4.78 is 63.2. The highest BCUT2D eigenvalue weighted by molar-refractivity contribution is 7.89. The lowest BCUT2D eigenvalue weighted by atomic mass is 10.1. The maximum Gasteiger partial charge on any atom is 0.243 e. The molecule has 1 saturated heterocycles. The minimum Gasteiger partial charge on any atom is -0.497 e. The summed E-state index contributed by atoms with van der Waals surface area (Å²) in [6.45, 7) is 0.964. The van der Waals surface area contributed by atoms with E-state index in [2.05, 4.69) is 9.71 Å². The van der Waals surface area contributed by atoms with E-state index in [0.29, 0.717) is 30.2 Å². The Morgan fingerprint density at radius 2 is 1.67 bits per heavy atom. The van der Waals surface area contributed by atoms with E-state index in [4.69, 9.17) is 4.74 Å². The number of hydrogen-bond donors (Lipinski definition) is 1. The van der Waals surface area contributed by atoms with E-state index in [9.17, 15) is 16.8 Å². The Morgan fingerprint density at radius 1 is 1.00 bits per heavy atom. The molecule has 1 N–H and O–H groups in total. The summed E-state index contributed by atoms with van der Waals surface area (Å²) in [4.78, 5) is 4.37. The zero-order chi connectivity index (χ0) is 23.6. The summed E-state index contributed by atoms with van der Waals surface area (Å²) >= 11 is 0. The van der Waals surface area contributed by atoms with Crippen molar-refractivity contribution >= 4 is 20.0 Å². The molecular weight excluding hydrogens is 464 g/mol. The molecule has 0 amide bonds. The van der Waals surface area contributed by atoms with Crippen molar-refractivity contribution in [3.63, 3.8) is 0 Å². The van der Waals surface area contributed by atoms with Gasteiger partial charge in [0, 0.05) is 32.5 Å². The smallest absolute Gasteiger partial charge is 0.243 e. The van der Waals surface area contributed by atoms with Crippen LogP contribution in [-0.4, -0.2) is 50.9 Å². The Labute approximate surface area is 194 Å². The molecule has 0 spiro atoms. The van der Waals surface area contributed by atoms with Crippen molar-refractivity contribution in [3.8, 4) is 5.75 Å². The molecule has 1 aromatic heterocycles. The van der Waals surface area contributed by atoms with Gasteiger partial charge in [0.1, 0.15) is 17.6 Å². The maximum atomic E-state index is 13.3. The van der Waals surface area contributed by atoms with Gasteiger partial charge in [-0.05, 0) is 54.8 Å². The number of imidazole rings is 1. The van der Waals surface area contributed by atoms with Crippen LogP contribution in [0.5, 0.6) is 5.75 Å². The quantitative estimate of drug-likeness (QED) is 0.519. The number of aryl methyl sites for hydroxylation is 1. The van der Waals surface area contributed by atoms with Gasteiger partial charge in [-0.3, -0.25) is 0 Å². The van der Waals surface area contributed by atoms with Gasteiger partial charge < -0.3 is 9.30 Å². The molecule has 4 rings (SSSR count). The van der Waals surface area contributed by atoms with Gasteiger partial charge in [-0.25, -0.2) is 21.8 Å². The predicted molar refractivity (Wildman–Crippen MR) is 123 cm³/mol. The molecule has 0 unspecified atom stereocenters. The normalized spacial score (nSPS) is 16.1. The van der Waals surface area contributed by atoms with Crippen LogP contribution in [0, 0.1) is 0 Å². The van der Waals surface area contributed by atoms with Gasteiger partial charge in [0.2, 0.25) is 20.0 Å². The van der Waals surface area contributed by atoms with Gasteiger partial charge in [0.15, 0.2) is 0 Å². The van der Waals surface area contributed by atoms with Crippen LogP contribution in [-0.2, 0) is 27.1 Å². The molecular formula is C22H26N4O5S2. The van der Waals surface area contributed by atoms with Crippen molar-refractivity contribution in [2.45, 2.75) is 28.7 Å². The molecule has 9 nitrogen and oxygen atoms in total. The molecule has 1 aliphatic heterocycles. The lowest BCUT2D eigenvalue weighted by molar-refractivity contribution is 0.413. The number of aromatic nitrogens is 2. The van der Waals surface area contributed by atoms with E-state index >= 15 is 0 Å². The highest BCUT2D eigenvalue weighted by atomic mass is 32.2. The van der Waals surface area contributed by atoms with Crippen molar-refractivity contribution in [1.29, 1.82) is 0 Å². The Kier molecular flexibility index (Phi) is 6.57. The summed E-state index contributed by atoms with van der Waals surface area (Å²) in [6, 6.07) is 11.6. The van der Waals surface area contributed by atoms with E-state index < -0.39 is 26.1 Å². The predicted octanol–water partition coefficient (Wildman–Crippen LogP) is 2.28. The van der Waals surface area contributed by atoms with E-state index in [1.807, 2.05) is 0 Å². The summed E-state index contributed by atoms with van der Waals surface area (Å²) in [5.74, 6) is 1.09. The number of methoxy groups -OCH3 is 1. The third kappa shape index (κ3) is 4.81. The largest absolute Gasteiger partial charge is 0.497 e. The van der Waals surface area contributed by atoms with Crippen molar-refractivity contribution in [2.24, 2.45) is 7.05 Å². The number of nitrogens with zero attached hydrogens (tertiary/aromatic N) is 3. The zero-order valence-electron chi connectivity index (χ0n) is 18.4. The number of benzene rings is 2. The fourth-order valence-corrected chi connectivity index (χ4v) is 6.54. The average molecular weight is 491 g/mol. The van der Waals surface area contributed by atoms with Crippen LogP contribution in [0.25, 0.3) is 0 Å². The number of ether oxygens (including phenoxy) is 1. The molecule has 1 aliphatic rings.